The van der Waals surface area contributed by atoms with Crippen molar-refractivity contribution in [1.82, 2.24) is 9.80 Å². The molecule has 2 rings (SSSR count). The van der Waals surface area contributed by atoms with Crippen molar-refractivity contribution in [3.8, 4) is 0 Å². The Bertz CT molecular complexity index is 602. The second-order valence-corrected chi connectivity index (χ2v) is 8.09. The first-order valence-electron chi connectivity index (χ1n) is 8.93. The minimum absolute atomic E-state index is 0. The van der Waals surface area contributed by atoms with Gasteiger partial charge in [-0.25, -0.2) is 0 Å². The number of hydrogen-bond donors (Lipinski definition) is 0. The Morgan fingerprint density at radius 1 is 1.15 bits per heavy atom. The number of hydrogen-bond acceptors (Lipinski definition) is 4. The van der Waals surface area contributed by atoms with Gasteiger partial charge in [0, 0.05) is 31.5 Å². The fourth-order valence-electron chi connectivity index (χ4n) is 3.17. The van der Waals surface area contributed by atoms with E-state index in [1.165, 1.54) is 11.1 Å². The van der Waals surface area contributed by atoms with Gasteiger partial charge in [-0.3, -0.25) is 9.69 Å². The van der Waals surface area contributed by atoms with E-state index >= 15 is 0 Å². The average Bonchev–Trinajstić information content (AvgIpc) is 2.54. The van der Waals surface area contributed by atoms with Crippen LogP contribution in [0.5, 0.6) is 0 Å². The number of carbonyl (C=O) groups excluding carboxylic acids is 2. The number of nitrogens with zero attached hydrogens (tertiary/aromatic N) is 2. The van der Waals surface area contributed by atoms with Crippen molar-refractivity contribution in [2.24, 2.45) is 5.92 Å². The number of likely N-dealkylation sites (N-methyl/N-ethyl adjacent to an activating group) is 1. The van der Waals surface area contributed by atoms with E-state index < -0.39 is 11.9 Å². The van der Waals surface area contributed by atoms with Crippen LogP contribution in [-0.2, 0) is 21.5 Å². The third-order valence-electron chi connectivity index (χ3n) is 4.86. The quantitative estimate of drug-likeness (QED) is 0.574. The molecule has 6 heteroatoms. The van der Waals surface area contributed by atoms with Gasteiger partial charge in [0.1, 0.15) is 0 Å². The summed E-state index contributed by atoms with van der Waals surface area (Å²) in [5.41, 5.74) is 2.61. The molecule has 0 saturated carbocycles. The normalized spacial score (nSPS) is 15.7. The van der Waals surface area contributed by atoms with Crippen LogP contribution in [-0.4, -0.2) is 48.4 Å². The van der Waals surface area contributed by atoms with Crippen LogP contribution in [0.25, 0.3) is 0 Å². The van der Waals surface area contributed by atoms with Gasteiger partial charge in [0.05, 0.1) is 6.54 Å². The van der Waals surface area contributed by atoms with Crippen molar-refractivity contribution in [2.45, 2.75) is 45.6 Å². The summed E-state index contributed by atoms with van der Waals surface area (Å²) in [4.78, 5) is 27.0. The van der Waals surface area contributed by atoms with E-state index in [1.54, 1.807) is 4.90 Å². The van der Waals surface area contributed by atoms with Crippen LogP contribution >= 0.6 is 0 Å². The van der Waals surface area contributed by atoms with Crippen molar-refractivity contribution in [1.29, 1.82) is 0 Å². The molecule has 0 bridgehead atoms. The van der Waals surface area contributed by atoms with Gasteiger partial charge in [0.25, 0.3) is 0 Å². The van der Waals surface area contributed by atoms with Gasteiger partial charge < -0.3 is 14.8 Å². The number of piperidine rings is 1. The number of aliphatic carboxylic acids is 1. The molecule has 0 N–H and O–H groups in total. The number of likely N-dealkylation sites (tertiary alicyclic amines) is 1. The van der Waals surface area contributed by atoms with E-state index in [0.29, 0.717) is 39.0 Å². The summed E-state index contributed by atoms with van der Waals surface area (Å²) >= 11 is 0. The SMILES string of the molecule is CN(CC(=O)N1CCC(C(=O)[O-])CC1)Cc1ccc(C(C)(C)C)cc1.[K+]. The average molecular weight is 385 g/mol. The Hall–Kier alpha value is -0.244. The molecule has 0 unspecified atom stereocenters. The molecule has 1 heterocycles. The molecule has 1 aromatic carbocycles. The van der Waals surface area contributed by atoms with Crippen LogP contribution < -0.4 is 56.5 Å². The fraction of sp³-hybridized carbons (Fsp3) is 0.600. The van der Waals surface area contributed by atoms with E-state index in [0.717, 1.165) is 0 Å². The summed E-state index contributed by atoms with van der Waals surface area (Å²) in [7, 11) is 1.93. The Kier molecular flexibility index (Phi) is 9.46. The zero-order chi connectivity index (χ0) is 18.6. The number of carboxylic acids is 1. The maximum atomic E-state index is 12.4. The van der Waals surface area contributed by atoms with Gasteiger partial charge in [-0.05, 0) is 36.4 Å². The molecule has 1 aliphatic heterocycles. The molecule has 0 atom stereocenters. The Morgan fingerprint density at radius 3 is 2.15 bits per heavy atom. The summed E-state index contributed by atoms with van der Waals surface area (Å²) in [5, 5.41) is 10.9. The molecule has 1 aromatic rings. The summed E-state index contributed by atoms with van der Waals surface area (Å²) < 4.78 is 0. The van der Waals surface area contributed by atoms with Crippen molar-refractivity contribution < 1.29 is 66.1 Å². The molecule has 1 amide bonds. The number of benzene rings is 1. The molecule has 26 heavy (non-hydrogen) atoms. The van der Waals surface area contributed by atoms with E-state index in [1.807, 2.05) is 11.9 Å². The van der Waals surface area contributed by atoms with Crippen molar-refractivity contribution in [3.63, 3.8) is 0 Å². The minimum Gasteiger partial charge on any atom is -0.550 e. The first kappa shape index (κ1) is 23.8. The maximum absolute atomic E-state index is 12.4. The smallest absolute Gasteiger partial charge is 0.550 e. The van der Waals surface area contributed by atoms with Crippen molar-refractivity contribution in [3.05, 3.63) is 35.4 Å². The summed E-state index contributed by atoms with van der Waals surface area (Å²) in [6.07, 6.45) is 0.984. The minimum atomic E-state index is -0.997. The Morgan fingerprint density at radius 2 is 1.69 bits per heavy atom. The van der Waals surface area contributed by atoms with Gasteiger partial charge in [0.15, 0.2) is 0 Å². The van der Waals surface area contributed by atoms with E-state index in [2.05, 4.69) is 45.0 Å². The third kappa shape index (κ3) is 7.06. The van der Waals surface area contributed by atoms with Crippen LogP contribution in [0.1, 0.15) is 44.7 Å². The standard InChI is InChI=1S/C20H30N2O3.K/c1-20(2,3)17-7-5-15(6-8-17)13-21(4)14-18(23)22-11-9-16(10-12-22)19(24)25;/h5-8,16H,9-14H2,1-4H3,(H,24,25);/q;+1/p-1. The predicted octanol–water partition coefficient (Wildman–Crippen LogP) is -1.59. The van der Waals surface area contributed by atoms with Gasteiger partial charge in [-0.15, -0.1) is 0 Å². The number of rotatable bonds is 5. The molecule has 0 aromatic heterocycles. The first-order chi connectivity index (χ1) is 11.7. The van der Waals surface area contributed by atoms with Crippen LogP contribution in [0.15, 0.2) is 24.3 Å². The third-order valence-corrected chi connectivity index (χ3v) is 4.86. The van der Waals surface area contributed by atoms with E-state index in [-0.39, 0.29) is 62.7 Å². The monoisotopic (exact) mass is 384 g/mol. The van der Waals surface area contributed by atoms with Crippen LogP contribution in [0.2, 0.25) is 0 Å². The topological polar surface area (TPSA) is 63.7 Å². The zero-order valence-electron chi connectivity index (χ0n) is 16.7. The molecular weight excluding hydrogens is 355 g/mol. The van der Waals surface area contributed by atoms with Crippen molar-refractivity contribution in [2.75, 3.05) is 26.7 Å². The number of carbonyl (C=O) groups is 2. The van der Waals surface area contributed by atoms with Gasteiger partial charge in [-0.1, -0.05) is 45.0 Å². The number of carboxylic acid groups (broad SMARTS) is 1. The van der Waals surface area contributed by atoms with E-state index in [4.69, 9.17) is 0 Å². The Labute approximate surface area is 199 Å². The maximum Gasteiger partial charge on any atom is 1.00 e. The van der Waals surface area contributed by atoms with Crippen LogP contribution in [0.4, 0.5) is 0 Å². The Balaban J connectivity index is 0.00000338. The number of amides is 1. The molecule has 5 nitrogen and oxygen atoms in total. The van der Waals surface area contributed by atoms with E-state index in [9.17, 15) is 14.7 Å². The van der Waals surface area contributed by atoms with Crippen LogP contribution in [0, 0.1) is 5.92 Å². The molecular formula is C20H29KN2O3. The second kappa shape index (κ2) is 10.3. The predicted molar refractivity (Wildman–Crippen MR) is 95.8 cm³/mol. The largest absolute Gasteiger partial charge is 1.00 e. The fourth-order valence-corrected chi connectivity index (χ4v) is 3.17. The summed E-state index contributed by atoms with van der Waals surface area (Å²) in [6, 6.07) is 8.53. The zero-order valence-corrected chi connectivity index (χ0v) is 19.9. The summed E-state index contributed by atoms with van der Waals surface area (Å²) in [6.45, 7) is 8.64. The first-order valence-corrected chi connectivity index (χ1v) is 8.93. The summed E-state index contributed by atoms with van der Waals surface area (Å²) in [5.74, 6) is -1.35. The molecule has 1 fully saturated rings. The van der Waals surface area contributed by atoms with Gasteiger partial charge >= 0.3 is 51.4 Å². The molecule has 0 aliphatic carbocycles. The van der Waals surface area contributed by atoms with Crippen molar-refractivity contribution >= 4 is 11.9 Å². The van der Waals surface area contributed by atoms with Crippen LogP contribution in [0.3, 0.4) is 0 Å². The molecule has 0 spiro atoms. The second-order valence-electron chi connectivity index (χ2n) is 8.09. The van der Waals surface area contributed by atoms with Gasteiger partial charge in [-0.2, -0.15) is 0 Å². The molecule has 1 saturated heterocycles. The molecule has 0 radical (unpaired) electrons. The molecule has 138 valence electrons. The van der Waals surface area contributed by atoms with Gasteiger partial charge in [0.2, 0.25) is 5.91 Å². The molecule has 1 aliphatic rings.